The maximum Gasteiger partial charge on any atom is 0.410 e. The van der Waals surface area contributed by atoms with Crippen molar-refractivity contribution < 1.29 is 9.53 Å². The number of anilines is 2. The minimum atomic E-state index is -0.363. The van der Waals surface area contributed by atoms with Gasteiger partial charge in [-0.25, -0.2) is 4.79 Å². The maximum absolute atomic E-state index is 12.8. The number of para-hydroxylation sites is 2. The Balaban J connectivity index is 0.00000199. The summed E-state index contributed by atoms with van der Waals surface area (Å²) in [6.07, 6.45) is 3.55. The second-order valence-corrected chi connectivity index (χ2v) is 7.62. The van der Waals surface area contributed by atoms with Crippen LogP contribution in [0.15, 0.2) is 79.6 Å². The molecule has 6 heteroatoms. The molecule has 1 atom stereocenters. The van der Waals surface area contributed by atoms with E-state index in [4.69, 9.17) is 10.5 Å². The SMILES string of the molecule is C=C(Nc1ccccc1N)c1ccc(CN(CCC)C(=O)OC(C)c2cccnc2)cc1.CC. The van der Waals surface area contributed by atoms with E-state index in [0.29, 0.717) is 18.8 Å². The van der Waals surface area contributed by atoms with Crippen LogP contribution >= 0.6 is 0 Å². The van der Waals surface area contributed by atoms with E-state index in [9.17, 15) is 4.79 Å². The van der Waals surface area contributed by atoms with E-state index >= 15 is 0 Å². The van der Waals surface area contributed by atoms with Crippen molar-refractivity contribution in [3.05, 3.63) is 96.3 Å². The van der Waals surface area contributed by atoms with Crippen molar-refractivity contribution in [3.63, 3.8) is 0 Å². The number of hydrogen-bond acceptors (Lipinski definition) is 5. The van der Waals surface area contributed by atoms with Gasteiger partial charge in [0.1, 0.15) is 6.10 Å². The quantitative estimate of drug-likeness (QED) is 0.340. The second kappa shape index (κ2) is 13.7. The molecule has 180 valence electrons. The number of nitrogen functional groups attached to an aromatic ring is 1. The second-order valence-electron chi connectivity index (χ2n) is 7.62. The van der Waals surface area contributed by atoms with Gasteiger partial charge in [0, 0.05) is 36.7 Å². The fourth-order valence-corrected chi connectivity index (χ4v) is 3.29. The number of carbonyl (C=O) groups excluding carboxylic acids is 1. The van der Waals surface area contributed by atoms with Crippen molar-refractivity contribution in [2.24, 2.45) is 0 Å². The lowest BCUT2D eigenvalue weighted by Crippen LogP contribution is -2.32. The van der Waals surface area contributed by atoms with E-state index in [0.717, 1.165) is 34.5 Å². The fourth-order valence-electron chi connectivity index (χ4n) is 3.29. The molecule has 0 fully saturated rings. The molecule has 1 aromatic heterocycles. The molecule has 3 aromatic rings. The van der Waals surface area contributed by atoms with Gasteiger partial charge in [0.2, 0.25) is 0 Å². The zero-order valence-corrected chi connectivity index (χ0v) is 20.6. The molecule has 1 unspecified atom stereocenters. The summed E-state index contributed by atoms with van der Waals surface area (Å²) in [6.45, 7) is 13.1. The van der Waals surface area contributed by atoms with Gasteiger partial charge in [-0.2, -0.15) is 0 Å². The van der Waals surface area contributed by atoms with Crippen LogP contribution in [0.4, 0.5) is 16.2 Å². The van der Waals surface area contributed by atoms with Crippen LogP contribution in [0.5, 0.6) is 0 Å². The Morgan fingerprint density at radius 1 is 1.12 bits per heavy atom. The Bertz CT molecular complexity index is 1040. The normalized spacial score (nSPS) is 10.9. The molecule has 0 bridgehead atoms. The molecule has 0 spiro atoms. The number of nitrogens with zero attached hydrogens (tertiary/aromatic N) is 2. The number of nitrogens with one attached hydrogen (secondary N) is 1. The summed E-state index contributed by atoms with van der Waals surface area (Å²) in [5, 5.41) is 3.25. The van der Waals surface area contributed by atoms with Gasteiger partial charge in [-0.1, -0.05) is 69.8 Å². The molecule has 1 heterocycles. The molecule has 0 aliphatic carbocycles. The molecule has 2 aromatic carbocycles. The van der Waals surface area contributed by atoms with Crippen LogP contribution < -0.4 is 11.1 Å². The predicted octanol–water partition coefficient (Wildman–Crippen LogP) is 6.88. The predicted molar refractivity (Wildman–Crippen MR) is 141 cm³/mol. The molecular weight excluding hydrogens is 424 g/mol. The van der Waals surface area contributed by atoms with Crippen molar-refractivity contribution in [2.45, 2.75) is 46.8 Å². The number of carbonyl (C=O) groups is 1. The van der Waals surface area contributed by atoms with E-state index in [1.165, 1.54) is 0 Å². The molecule has 0 saturated heterocycles. The number of nitrogens with two attached hydrogens (primary N) is 1. The van der Waals surface area contributed by atoms with Crippen LogP contribution in [-0.2, 0) is 11.3 Å². The summed E-state index contributed by atoms with van der Waals surface area (Å²) in [6, 6.07) is 19.3. The van der Waals surface area contributed by atoms with Gasteiger partial charge in [0.25, 0.3) is 0 Å². The summed E-state index contributed by atoms with van der Waals surface area (Å²) in [5.41, 5.74) is 11.1. The molecule has 0 aliphatic rings. The highest BCUT2D eigenvalue weighted by atomic mass is 16.6. The Hall–Kier alpha value is -3.80. The first-order valence-electron chi connectivity index (χ1n) is 11.7. The van der Waals surface area contributed by atoms with Crippen LogP contribution in [0.1, 0.15) is 56.9 Å². The van der Waals surface area contributed by atoms with Crippen molar-refractivity contribution in [1.82, 2.24) is 9.88 Å². The van der Waals surface area contributed by atoms with Gasteiger partial charge in [-0.05, 0) is 42.7 Å². The third kappa shape index (κ3) is 7.66. The van der Waals surface area contributed by atoms with Gasteiger partial charge in [0.15, 0.2) is 0 Å². The van der Waals surface area contributed by atoms with Crippen molar-refractivity contribution in [1.29, 1.82) is 0 Å². The lowest BCUT2D eigenvalue weighted by Gasteiger charge is -2.24. The molecule has 0 aliphatic heterocycles. The molecule has 0 radical (unpaired) electrons. The summed E-state index contributed by atoms with van der Waals surface area (Å²) < 4.78 is 5.67. The topological polar surface area (TPSA) is 80.5 Å². The first-order chi connectivity index (χ1) is 16.5. The average Bonchev–Trinajstić information content (AvgIpc) is 2.87. The van der Waals surface area contributed by atoms with Crippen molar-refractivity contribution in [3.8, 4) is 0 Å². The van der Waals surface area contributed by atoms with E-state index in [2.05, 4.69) is 16.9 Å². The Kier molecular flexibility index (Phi) is 10.6. The van der Waals surface area contributed by atoms with Crippen LogP contribution in [0.2, 0.25) is 0 Å². The van der Waals surface area contributed by atoms with Crippen LogP contribution in [0, 0.1) is 0 Å². The van der Waals surface area contributed by atoms with Crippen LogP contribution in [0.25, 0.3) is 5.70 Å². The van der Waals surface area contributed by atoms with E-state index in [-0.39, 0.29) is 12.2 Å². The Labute approximate surface area is 203 Å². The van der Waals surface area contributed by atoms with Gasteiger partial charge < -0.3 is 20.7 Å². The molecule has 3 rings (SSSR count). The lowest BCUT2D eigenvalue weighted by atomic mass is 10.1. The minimum Gasteiger partial charge on any atom is -0.441 e. The summed E-state index contributed by atoms with van der Waals surface area (Å²) >= 11 is 0. The smallest absolute Gasteiger partial charge is 0.410 e. The molecule has 0 saturated carbocycles. The number of aromatic nitrogens is 1. The minimum absolute atomic E-state index is 0.335. The number of benzene rings is 2. The Morgan fingerprint density at radius 2 is 1.82 bits per heavy atom. The van der Waals surface area contributed by atoms with Gasteiger partial charge in [0.05, 0.1) is 11.4 Å². The number of ether oxygens (including phenoxy) is 1. The highest BCUT2D eigenvalue weighted by molar-refractivity contribution is 5.80. The van der Waals surface area contributed by atoms with E-state index in [1.807, 2.05) is 88.4 Å². The van der Waals surface area contributed by atoms with Gasteiger partial charge >= 0.3 is 6.09 Å². The first kappa shape index (κ1) is 26.5. The molecule has 34 heavy (non-hydrogen) atoms. The zero-order chi connectivity index (χ0) is 24.9. The fraction of sp³-hybridized carbons (Fsp3) is 0.286. The van der Waals surface area contributed by atoms with Gasteiger partial charge in [-0.15, -0.1) is 0 Å². The number of hydrogen-bond donors (Lipinski definition) is 2. The third-order valence-electron chi connectivity index (χ3n) is 5.11. The monoisotopic (exact) mass is 460 g/mol. The first-order valence-corrected chi connectivity index (χ1v) is 11.7. The number of pyridine rings is 1. The zero-order valence-electron chi connectivity index (χ0n) is 20.6. The average molecular weight is 461 g/mol. The van der Waals surface area contributed by atoms with Crippen molar-refractivity contribution >= 4 is 23.2 Å². The third-order valence-corrected chi connectivity index (χ3v) is 5.11. The molecule has 3 N–H and O–H groups in total. The Morgan fingerprint density at radius 3 is 2.44 bits per heavy atom. The number of amides is 1. The highest BCUT2D eigenvalue weighted by Crippen LogP contribution is 2.23. The van der Waals surface area contributed by atoms with Crippen LogP contribution in [0.3, 0.4) is 0 Å². The summed E-state index contributed by atoms with van der Waals surface area (Å²) in [7, 11) is 0. The maximum atomic E-state index is 12.8. The number of rotatable bonds is 9. The van der Waals surface area contributed by atoms with E-state index < -0.39 is 0 Å². The molecule has 1 amide bonds. The standard InChI is InChI=1S/C26H30N4O2.C2H6/c1-4-16-30(26(31)32-20(3)23-8-7-15-28-17-23)18-21-11-13-22(14-12-21)19(2)29-25-10-6-5-9-24(25)27;1-2/h5-15,17,20,29H,2,4,16,18,27H2,1,3H3;1-2H3. The molecular formula is C28H36N4O2. The summed E-state index contributed by atoms with van der Waals surface area (Å²) in [5.74, 6) is 0. The molecule has 6 nitrogen and oxygen atoms in total. The largest absolute Gasteiger partial charge is 0.441 e. The van der Waals surface area contributed by atoms with Crippen LogP contribution in [-0.4, -0.2) is 22.5 Å². The van der Waals surface area contributed by atoms with Crippen molar-refractivity contribution in [2.75, 3.05) is 17.6 Å². The summed E-state index contributed by atoms with van der Waals surface area (Å²) in [4.78, 5) is 18.6. The van der Waals surface area contributed by atoms with Gasteiger partial charge in [-0.3, -0.25) is 4.98 Å². The lowest BCUT2D eigenvalue weighted by molar-refractivity contribution is 0.0673. The van der Waals surface area contributed by atoms with E-state index in [1.54, 1.807) is 17.3 Å². The highest BCUT2D eigenvalue weighted by Gasteiger charge is 2.19.